The number of nitrogen functional groups attached to an aromatic ring is 1. The van der Waals surface area contributed by atoms with E-state index in [1.807, 2.05) is 6.07 Å². The Balaban J connectivity index is 1.52. The van der Waals surface area contributed by atoms with Crippen molar-refractivity contribution in [3.8, 4) is 0 Å². The van der Waals surface area contributed by atoms with E-state index in [4.69, 9.17) is 15.4 Å². The normalized spacial score (nSPS) is 15.4. The van der Waals surface area contributed by atoms with E-state index >= 15 is 0 Å². The van der Waals surface area contributed by atoms with Gasteiger partial charge in [0.15, 0.2) is 11.4 Å². The number of rotatable bonds is 10. The van der Waals surface area contributed by atoms with Crippen molar-refractivity contribution in [1.82, 2.24) is 20.7 Å². The molecule has 1 heterocycles. The summed E-state index contributed by atoms with van der Waals surface area (Å²) in [4.78, 5) is 37.7. The molecule has 0 saturated heterocycles. The number of anilines is 1. The molecule has 1 aromatic carbocycles. The maximum atomic E-state index is 12.9. The third-order valence-electron chi connectivity index (χ3n) is 5.90. The number of aliphatic carboxylic acids is 1. The molecule has 5 N–H and O–H groups in total. The van der Waals surface area contributed by atoms with Crippen molar-refractivity contribution < 1.29 is 24.0 Å². The molecule has 10 nitrogen and oxygen atoms in total. The minimum atomic E-state index is -1.02. The topological polar surface area (TPSA) is 151 Å². The van der Waals surface area contributed by atoms with Gasteiger partial charge in [-0.3, -0.25) is 19.7 Å². The Morgan fingerprint density at radius 3 is 2.75 bits per heavy atom. The molecule has 3 rings (SSSR count). The van der Waals surface area contributed by atoms with E-state index in [9.17, 15) is 14.4 Å². The minimum Gasteiger partial charge on any atom is -0.480 e. The molecule has 0 unspecified atom stereocenters. The van der Waals surface area contributed by atoms with Crippen LogP contribution in [0.3, 0.4) is 0 Å². The molecule has 1 fully saturated rings. The van der Waals surface area contributed by atoms with E-state index in [0.29, 0.717) is 29.1 Å². The van der Waals surface area contributed by atoms with Gasteiger partial charge in [0.2, 0.25) is 11.8 Å². The Kier molecular flexibility index (Phi) is 8.04. The van der Waals surface area contributed by atoms with Crippen LogP contribution in [0, 0.1) is 5.92 Å². The van der Waals surface area contributed by atoms with Crippen LogP contribution in [0.5, 0.6) is 0 Å². The van der Waals surface area contributed by atoms with E-state index in [-0.39, 0.29) is 31.4 Å². The third kappa shape index (κ3) is 6.43. The Hall–Kier alpha value is -3.14. The summed E-state index contributed by atoms with van der Waals surface area (Å²) in [7, 11) is 1.56. The van der Waals surface area contributed by atoms with Crippen LogP contribution < -0.4 is 16.4 Å². The molecular weight excluding hydrogens is 414 g/mol. The predicted molar refractivity (Wildman–Crippen MR) is 119 cm³/mol. The molecule has 1 aliphatic carbocycles. The number of likely N-dealkylation sites (N-methyl/N-ethyl adjacent to an activating group) is 1. The van der Waals surface area contributed by atoms with E-state index in [1.54, 1.807) is 19.2 Å². The number of amides is 2. The second kappa shape index (κ2) is 10.9. The van der Waals surface area contributed by atoms with Gasteiger partial charge in [-0.15, -0.1) is 0 Å². The second-order valence-corrected chi connectivity index (χ2v) is 8.44. The van der Waals surface area contributed by atoms with Crippen molar-refractivity contribution >= 4 is 34.6 Å². The zero-order valence-corrected chi connectivity index (χ0v) is 18.3. The number of nitrogens with one attached hydrogen (secondary N) is 2. The molecule has 32 heavy (non-hydrogen) atoms. The number of aromatic nitrogens is 1. The summed E-state index contributed by atoms with van der Waals surface area (Å²) in [6.07, 6.45) is 6.14. The van der Waals surface area contributed by atoms with Gasteiger partial charge in [0.25, 0.3) is 0 Å². The zero-order chi connectivity index (χ0) is 23.1. The van der Waals surface area contributed by atoms with E-state index in [0.717, 1.165) is 31.2 Å². The molecule has 0 radical (unpaired) electrons. The van der Waals surface area contributed by atoms with Gasteiger partial charge in [-0.05, 0) is 30.0 Å². The van der Waals surface area contributed by atoms with Crippen LogP contribution in [-0.4, -0.2) is 59.1 Å². The summed E-state index contributed by atoms with van der Waals surface area (Å²) in [5.41, 5.74) is 7.06. The lowest BCUT2D eigenvalue weighted by atomic mass is 9.84. The summed E-state index contributed by atoms with van der Waals surface area (Å²) >= 11 is 0. The number of carbonyl (C=O) groups is 3. The van der Waals surface area contributed by atoms with E-state index < -0.39 is 12.0 Å². The summed E-state index contributed by atoms with van der Waals surface area (Å²) < 4.78 is 5.13. The van der Waals surface area contributed by atoms with Crippen LogP contribution in [0.4, 0.5) is 5.82 Å². The standard InChI is InChI=1S/C22H31N5O5/c1-27(22(31)17(24-12-20(29)30)9-14-5-3-2-4-6-14)13-19(28)25-11-15-7-8-16-18(10-15)32-26-21(16)23/h7-8,10,14,17,24H,2-6,9,11-13H2,1H3,(H2,23,26)(H,25,28)(H,29,30)/t17-/m1/s1. The number of hydrogen-bond acceptors (Lipinski definition) is 7. The smallest absolute Gasteiger partial charge is 0.317 e. The Labute approximate surface area is 186 Å². The van der Waals surface area contributed by atoms with Crippen molar-refractivity contribution in [2.45, 2.75) is 51.1 Å². The molecule has 174 valence electrons. The van der Waals surface area contributed by atoms with Crippen molar-refractivity contribution in [1.29, 1.82) is 0 Å². The third-order valence-corrected chi connectivity index (χ3v) is 5.90. The first-order chi connectivity index (χ1) is 15.3. The van der Waals surface area contributed by atoms with E-state index in [1.165, 1.54) is 11.3 Å². The van der Waals surface area contributed by atoms with Crippen molar-refractivity contribution in [3.05, 3.63) is 23.8 Å². The molecule has 0 spiro atoms. The number of benzene rings is 1. The Bertz CT molecular complexity index is 953. The summed E-state index contributed by atoms with van der Waals surface area (Å²) in [6, 6.07) is 4.74. The fourth-order valence-corrected chi connectivity index (χ4v) is 4.17. The van der Waals surface area contributed by atoms with Crippen molar-refractivity contribution in [2.24, 2.45) is 5.92 Å². The van der Waals surface area contributed by atoms with Crippen LogP contribution in [-0.2, 0) is 20.9 Å². The molecule has 1 aromatic heterocycles. The fourth-order valence-electron chi connectivity index (χ4n) is 4.17. The first-order valence-electron chi connectivity index (χ1n) is 10.9. The van der Waals surface area contributed by atoms with Gasteiger partial charge in [0.05, 0.1) is 24.5 Å². The molecule has 2 amide bonds. The lowest BCUT2D eigenvalue weighted by Gasteiger charge is -2.29. The van der Waals surface area contributed by atoms with Gasteiger partial charge < -0.3 is 25.6 Å². The lowest BCUT2D eigenvalue weighted by Crippen LogP contribution is -2.49. The number of carboxylic acid groups (broad SMARTS) is 1. The van der Waals surface area contributed by atoms with Crippen molar-refractivity contribution in [3.63, 3.8) is 0 Å². The first kappa shape index (κ1) is 23.5. The highest BCUT2D eigenvalue weighted by Gasteiger charge is 2.27. The molecular formula is C22H31N5O5. The molecule has 1 aliphatic rings. The van der Waals surface area contributed by atoms with Gasteiger partial charge in [-0.2, -0.15) is 0 Å². The van der Waals surface area contributed by atoms with Crippen LogP contribution in [0.2, 0.25) is 0 Å². The maximum absolute atomic E-state index is 12.9. The largest absolute Gasteiger partial charge is 0.480 e. The maximum Gasteiger partial charge on any atom is 0.317 e. The SMILES string of the molecule is CN(CC(=O)NCc1ccc2c(N)noc2c1)C(=O)[C@@H](CC1CCCCC1)NCC(=O)O. The number of nitrogens with two attached hydrogens (primary N) is 1. The molecule has 0 bridgehead atoms. The van der Waals surface area contributed by atoms with Crippen molar-refractivity contribution in [2.75, 3.05) is 25.9 Å². The van der Waals surface area contributed by atoms with Gasteiger partial charge in [-0.1, -0.05) is 43.3 Å². The van der Waals surface area contributed by atoms with Crippen LogP contribution in [0.15, 0.2) is 22.7 Å². The van der Waals surface area contributed by atoms with Gasteiger partial charge >= 0.3 is 5.97 Å². The van der Waals surface area contributed by atoms with Gasteiger partial charge in [0, 0.05) is 13.6 Å². The number of fused-ring (bicyclic) bond motifs is 1. The number of carbonyl (C=O) groups excluding carboxylic acids is 2. The molecule has 1 atom stereocenters. The summed E-state index contributed by atoms with van der Waals surface area (Å²) in [6.45, 7) is -0.149. The summed E-state index contributed by atoms with van der Waals surface area (Å²) in [5.74, 6) is -0.896. The van der Waals surface area contributed by atoms with Gasteiger partial charge in [0.1, 0.15) is 0 Å². The highest BCUT2D eigenvalue weighted by atomic mass is 16.5. The molecule has 2 aromatic rings. The average Bonchev–Trinajstić information content (AvgIpc) is 3.15. The van der Waals surface area contributed by atoms with Crippen LogP contribution in [0.1, 0.15) is 44.1 Å². The van der Waals surface area contributed by atoms with E-state index in [2.05, 4.69) is 15.8 Å². The molecule has 1 saturated carbocycles. The van der Waals surface area contributed by atoms with Gasteiger partial charge in [-0.25, -0.2) is 0 Å². The predicted octanol–water partition coefficient (Wildman–Crippen LogP) is 1.50. The Morgan fingerprint density at radius 1 is 1.28 bits per heavy atom. The average molecular weight is 446 g/mol. The first-order valence-corrected chi connectivity index (χ1v) is 10.9. The molecule has 0 aliphatic heterocycles. The fraction of sp³-hybridized carbons (Fsp3) is 0.545. The highest BCUT2D eigenvalue weighted by Crippen LogP contribution is 2.27. The highest BCUT2D eigenvalue weighted by molar-refractivity contribution is 5.88. The monoisotopic (exact) mass is 445 g/mol. The summed E-state index contributed by atoms with van der Waals surface area (Å²) in [5, 5.41) is 19.1. The number of nitrogens with zero attached hydrogens (tertiary/aromatic N) is 2. The molecule has 10 heteroatoms. The quantitative estimate of drug-likeness (QED) is 0.429. The number of carboxylic acids is 1. The lowest BCUT2D eigenvalue weighted by molar-refractivity contribution is -0.138. The Morgan fingerprint density at radius 2 is 2.03 bits per heavy atom. The van der Waals surface area contributed by atoms with Crippen LogP contribution in [0.25, 0.3) is 11.0 Å². The second-order valence-electron chi connectivity index (χ2n) is 8.44. The number of hydrogen-bond donors (Lipinski definition) is 4. The van der Waals surface area contributed by atoms with Crippen LogP contribution >= 0.6 is 0 Å². The minimum absolute atomic E-state index is 0.119. The zero-order valence-electron chi connectivity index (χ0n) is 18.3.